The van der Waals surface area contributed by atoms with Gasteiger partial charge in [0.15, 0.2) is 5.16 Å². The number of para-hydroxylation sites is 1. The monoisotopic (exact) mass is 402 g/mol. The van der Waals surface area contributed by atoms with Crippen LogP contribution in [0.15, 0.2) is 35.6 Å². The van der Waals surface area contributed by atoms with Crippen LogP contribution in [0.3, 0.4) is 0 Å². The van der Waals surface area contributed by atoms with Gasteiger partial charge in [-0.25, -0.2) is 4.98 Å². The molecule has 20 heavy (non-hydrogen) atoms. The van der Waals surface area contributed by atoms with E-state index in [1.54, 1.807) is 0 Å². The standard InChI is InChI=1S/C14H15IN2O2S/c1-9(2)12-7-16-14(20-8-13(18)19)17(12)11-6-4-3-5-10(11)15/h3-7,9H,8H2,1-2H3,(H,18,19). The lowest BCUT2D eigenvalue weighted by atomic mass is 10.1. The number of rotatable bonds is 5. The third kappa shape index (κ3) is 3.35. The number of nitrogens with zero attached hydrogens (tertiary/aromatic N) is 2. The van der Waals surface area contributed by atoms with E-state index in [1.807, 2.05) is 30.5 Å². The average molecular weight is 402 g/mol. The van der Waals surface area contributed by atoms with Gasteiger partial charge >= 0.3 is 5.97 Å². The third-order valence-electron chi connectivity index (χ3n) is 2.77. The molecule has 1 aromatic carbocycles. The Bertz CT molecular complexity index is 625. The predicted molar refractivity (Wildman–Crippen MR) is 88.7 cm³/mol. The summed E-state index contributed by atoms with van der Waals surface area (Å²) in [6.45, 7) is 4.21. The maximum Gasteiger partial charge on any atom is 0.313 e. The van der Waals surface area contributed by atoms with Crippen molar-refractivity contribution in [2.75, 3.05) is 5.75 Å². The number of imidazole rings is 1. The number of benzene rings is 1. The van der Waals surface area contributed by atoms with Crippen molar-refractivity contribution in [2.24, 2.45) is 0 Å². The van der Waals surface area contributed by atoms with Crippen LogP contribution < -0.4 is 0 Å². The maximum absolute atomic E-state index is 10.8. The van der Waals surface area contributed by atoms with Crippen molar-refractivity contribution in [2.45, 2.75) is 24.9 Å². The Labute approximate surface area is 135 Å². The predicted octanol–water partition coefficient (Wildman–Crippen LogP) is 3.78. The van der Waals surface area contributed by atoms with Crippen LogP contribution in [-0.2, 0) is 4.79 Å². The fraction of sp³-hybridized carbons (Fsp3) is 0.286. The summed E-state index contributed by atoms with van der Waals surface area (Å²) in [6.07, 6.45) is 1.83. The topological polar surface area (TPSA) is 55.1 Å². The van der Waals surface area contributed by atoms with Crippen LogP contribution in [0.25, 0.3) is 5.69 Å². The van der Waals surface area contributed by atoms with E-state index in [0.29, 0.717) is 5.92 Å². The van der Waals surface area contributed by atoms with Gasteiger partial charge in [-0.1, -0.05) is 37.7 Å². The number of aliphatic carboxylic acids is 1. The van der Waals surface area contributed by atoms with E-state index >= 15 is 0 Å². The minimum atomic E-state index is -0.835. The smallest absolute Gasteiger partial charge is 0.313 e. The summed E-state index contributed by atoms with van der Waals surface area (Å²) in [4.78, 5) is 15.2. The third-order valence-corrected chi connectivity index (χ3v) is 4.62. The molecular weight excluding hydrogens is 387 g/mol. The second-order valence-corrected chi connectivity index (χ2v) is 6.69. The molecular formula is C14H15IN2O2S. The molecule has 106 valence electrons. The highest BCUT2D eigenvalue weighted by Crippen LogP contribution is 2.29. The van der Waals surface area contributed by atoms with E-state index in [-0.39, 0.29) is 5.75 Å². The lowest BCUT2D eigenvalue weighted by Crippen LogP contribution is -2.06. The Morgan fingerprint density at radius 3 is 2.75 bits per heavy atom. The normalized spacial score (nSPS) is 11.0. The number of hydrogen-bond acceptors (Lipinski definition) is 3. The molecule has 0 fully saturated rings. The van der Waals surface area contributed by atoms with Crippen molar-refractivity contribution >= 4 is 40.3 Å². The summed E-state index contributed by atoms with van der Waals surface area (Å²) in [6, 6.07) is 8.03. The first kappa shape index (κ1) is 15.4. The molecule has 0 saturated heterocycles. The molecule has 6 heteroatoms. The molecule has 2 rings (SSSR count). The minimum Gasteiger partial charge on any atom is -0.481 e. The number of carboxylic acid groups (broad SMARTS) is 1. The van der Waals surface area contributed by atoms with Gasteiger partial charge in [0.2, 0.25) is 0 Å². The van der Waals surface area contributed by atoms with Crippen LogP contribution in [0, 0.1) is 3.57 Å². The van der Waals surface area contributed by atoms with Gasteiger partial charge in [-0.05, 0) is 40.6 Å². The number of hydrogen-bond donors (Lipinski definition) is 1. The van der Waals surface area contributed by atoms with Crippen molar-refractivity contribution in [3.05, 3.63) is 39.7 Å². The zero-order chi connectivity index (χ0) is 14.7. The van der Waals surface area contributed by atoms with Gasteiger partial charge in [0.05, 0.1) is 17.6 Å². The molecule has 1 N–H and O–H groups in total. The zero-order valence-corrected chi connectivity index (χ0v) is 14.2. The molecule has 0 saturated carbocycles. The van der Waals surface area contributed by atoms with E-state index in [4.69, 9.17) is 5.11 Å². The van der Waals surface area contributed by atoms with E-state index < -0.39 is 5.97 Å². The van der Waals surface area contributed by atoms with E-state index in [9.17, 15) is 4.79 Å². The molecule has 0 bridgehead atoms. The Morgan fingerprint density at radius 1 is 1.45 bits per heavy atom. The molecule has 1 aromatic heterocycles. The van der Waals surface area contributed by atoms with Crippen LogP contribution in [-0.4, -0.2) is 26.4 Å². The van der Waals surface area contributed by atoms with Crippen molar-refractivity contribution in [3.63, 3.8) is 0 Å². The maximum atomic E-state index is 10.8. The van der Waals surface area contributed by atoms with Crippen molar-refractivity contribution in [3.8, 4) is 5.69 Å². The van der Waals surface area contributed by atoms with Gasteiger partial charge in [-0.3, -0.25) is 9.36 Å². The molecule has 0 aliphatic heterocycles. The average Bonchev–Trinajstić information content (AvgIpc) is 2.80. The second kappa shape index (κ2) is 6.62. The summed E-state index contributed by atoms with van der Waals surface area (Å²) in [5.74, 6) is -0.506. The molecule has 0 unspecified atom stereocenters. The zero-order valence-electron chi connectivity index (χ0n) is 11.2. The summed E-state index contributed by atoms with van der Waals surface area (Å²) in [5, 5.41) is 9.57. The van der Waals surface area contributed by atoms with E-state index in [0.717, 1.165) is 20.1 Å². The lowest BCUT2D eigenvalue weighted by molar-refractivity contribution is -0.133. The van der Waals surface area contributed by atoms with Crippen LogP contribution in [0.2, 0.25) is 0 Å². The summed E-state index contributed by atoms with van der Waals surface area (Å²) in [5.41, 5.74) is 2.13. The van der Waals surface area contributed by atoms with E-state index in [1.165, 1.54) is 11.8 Å². The van der Waals surface area contributed by atoms with Crippen LogP contribution in [0.1, 0.15) is 25.5 Å². The molecule has 0 amide bonds. The highest BCUT2D eigenvalue weighted by Gasteiger charge is 2.17. The first-order valence-electron chi connectivity index (χ1n) is 6.18. The van der Waals surface area contributed by atoms with Crippen LogP contribution >= 0.6 is 34.4 Å². The van der Waals surface area contributed by atoms with Gasteiger partial charge < -0.3 is 5.11 Å². The highest BCUT2D eigenvalue weighted by atomic mass is 127. The Hall–Kier alpha value is -1.02. The van der Waals surface area contributed by atoms with Crippen LogP contribution in [0.4, 0.5) is 0 Å². The quantitative estimate of drug-likeness (QED) is 0.611. The van der Waals surface area contributed by atoms with Gasteiger partial charge in [0, 0.05) is 9.26 Å². The van der Waals surface area contributed by atoms with Crippen molar-refractivity contribution in [1.82, 2.24) is 9.55 Å². The fourth-order valence-electron chi connectivity index (χ4n) is 1.86. The van der Waals surface area contributed by atoms with Gasteiger partial charge in [0.1, 0.15) is 0 Å². The summed E-state index contributed by atoms with van der Waals surface area (Å²) in [7, 11) is 0. The first-order chi connectivity index (χ1) is 9.50. The number of halogens is 1. The Kier molecular flexibility index (Phi) is 5.09. The fourth-order valence-corrected chi connectivity index (χ4v) is 3.20. The first-order valence-corrected chi connectivity index (χ1v) is 8.24. The lowest BCUT2D eigenvalue weighted by Gasteiger charge is -2.15. The van der Waals surface area contributed by atoms with Gasteiger partial charge in [-0.2, -0.15) is 0 Å². The highest BCUT2D eigenvalue weighted by molar-refractivity contribution is 14.1. The van der Waals surface area contributed by atoms with Crippen molar-refractivity contribution < 1.29 is 9.90 Å². The molecule has 0 spiro atoms. The number of carbonyl (C=O) groups is 1. The molecule has 0 aliphatic rings. The molecule has 1 heterocycles. The van der Waals surface area contributed by atoms with Crippen molar-refractivity contribution in [1.29, 1.82) is 0 Å². The second-order valence-electron chi connectivity index (χ2n) is 4.59. The number of thioether (sulfide) groups is 1. The molecule has 0 aliphatic carbocycles. The Balaban J connectivity index is 2.50. The SMILES string of the molecule is CC(C)c1cnc(SCC(=O)O)n1-c1ccccc1I. The van der Waals surface area contributed by atoms with Crippen LogP contribution in [0.5, 0.6) is 0 Å². The number of carboxylic acids is 1. The largest absolute Gasteiger partial charge is 0.481 e. The summed E-state index contributed by atoms with van der Waals surface area (Å²) < 4.78 is 3.17. The number of aromatic nitrogens is 2. The molecule has 4 nitrogen and oxygen atoms in total. The van der Waals surface area contributed by atoms with Gasteiger partial charge in [0.25, 0.3) is 0 Å². The molecule has 0 atom stereocenters. The Morgan fingerprint density at radius 2 is 2.15 bits per heavy atom. The van der Waals surface area contributed by atoms with E-state index in [2.05, 4.69) is 46.0 Å². The van der Waals surface area contributed by atoms with Gasteiger partial charge in [-0.15, -0.1) is 0 Å². The molecule has 0 radical (unpaired) electrons. The summed E-state index contributed by atoms with van der Waals surface area (Å²) >= 11 is 3.53. The molecule has 2 aromatic rings. The minimum absolute atomic E-state index is 0.0119.